The molecule has 11 nitrogen and oxygen atoms in total. The summed E-state index contributed by atoms with van der Waals surface area (Å²) in [6, 6.07) is 0.801. The summed E-state index contributed by atoms with van der Waals surface area (Å²) in [6.07, 6.45) is -3.39. The minimum atomic E-state index is -4.74. The highest BCUT2D eigenvalue weighted by Gasteiger charge is 2.42. The summed E-state index contributed by atoms with van der Waals surface area (Å²) >= 11 is 0. The third kappa shape index (κ3) is 5.91. The second kappa shape index (κ2) is 10.7. The largest absolute Gasteiger partial charge is 0.489 e. The number of ether oxygens (including phenoxy) is 1. The molecule has 4 rings (SSSR count). The number of piperidine rings is 1. The molecule has 1 fully saturated rings. The molecule has 2 aliphatic rings. The molecule has 3 atom stereocenters. The summed E-state index contributed by atoms with van der Waals surface area (Å²) in [6.45, 7) is 1.86. The van der Waals surface area contributed by atoms with Gasteiger partial charge in [0.15, 0.2) is 11.4 Å². The van der Waals surface area contributed by atoms with Crippen LogP contribution in [0.5, 0.6) is 5.75 Å². The molecule has 1 saturated heterocycles. The van der Waals surface area contributed by atoms with Crippen LogP contribution in [0.1, 0.15) is 29.4 Å². The number of carbonyl (C=O) groups is 3. The van der Waals surface area contributed by atoms with Crippen molar-refractivity contribution in [2.75, 3.05) is 25.0 Å². The number of nitrogens with one attached hydrogen (secondary N) is 3. The molecule has 0 bridgehead atoms. The molecule has 1 aromatic heterocycles. The molecular formula is C24H27F4N5O6S. The van der Waals surface area contributed by atoms with Gasteiger partial charge < -0.3 is 24.8 Å². The first kappa shape index (κ1) is 29.3. The van der Waals surface area contributed by atoms with Gasteiger partial charge in [-0.05, 0) is 44.0 Å². The lowest BCUT2D eigenvalue weighted by Crippen LogP contribution is -2.58. The van der Waals surface area contributed by atoms with E-state index in [1.807, 2.05) is 0 Å². The van der Waals surface area contributed by atoms with Crippen LogP contribution in [0.2, 0.25) is 0 Å². The van der Waals surface area contributed by atoms with Gasteiger partial charge in [0.2, 0.25) is 10.0 Å². The van der Waals surface area contributed by atoms with E-state index in [9.17, 15) is 40.4 Å². The number of sulfonamides is 1. The molecule has 16 heteroatoms. The Labute approximate surface area is 226 Å². The van der Waals surface area contributed by atoms with Crippen LogP contribution in [-0.2, 0) is 26.7 Å². The van der Waals surface area contributed by atoms with Crippen molar-refractivity contribution < 1.29 is 45.1 Å². The highest BCUT2D eigenvalue weighted by atomic mass is 32.2. The molecule has 0 radical (unpaired) electrons. The summed E-state index contributed by atoms with van der Waals surface area (Å²) < 4.78 is 88.2. The SMILES string of the molecule is Cc1cc(NC(=O)c2c3c(cn2C)S(=O)(=O)N[C@@H]2CN(C(=O)C(=O)NC(C)C(F)(F)F)CC[C@@H]2CO3)ccc1F. The first-order valence-electron chi connectivity index (χ1n) is 12.2. The van der Waals surface area contributed by atoms with Crippen molar-refractivity contribution in [1.82, 2.24) is 19.5 Å². The summed E-state index contributed by atoms with van der Waals surface area (Å²) in [5, 5.41) is 4.21. The van der Waals surface area contributed by atoms with E-state index in [-0.39, 0.29) is 48.1 Å². The van der Waals surface area contributed by atoms with E-state index in [4.69, 9.17) is 4.74 Å². The molecule has 0 spiro atoms. The summed E-state index contributed by atoms with van der Waals surface area (Å²) in [4.78, 5) is 38.4. The molecule has 218 valence electrons. The fraction of sp³-hybridized carbons (Fsp3) is 0.458. The zero-order chi connectivity index (χ0) is 29.6. The zero-order valence-electron chi connectivity index (χ0n) is 21.6. The van der Waals surface area contributed by atoms with Crippen LogP contribution in [0.25, 0.3) is 0 Å². The lowest BCUT2D eigenvalue weighted by molar-refractivity contribution is -0.162. The number of alkyl halides is 3. The number of halogens is 4. The van der Waals surface area contributed by atoms with Crippen molar-refractivity contribution in [3.05, 3.63) is 41.5 Å². The quantitative estimate of drug-likeness (QED) is 0.368. The van der Waals surface area contributed by atoms with E-state index >= 15 is 0 Å². The standard InChI is InChI=1S/C24H27F4N5O6S/c1-12-8-15(4-5-16(12)25)30-21(34)19-20-18(10-32(19)3)40(37,38)31-17-9-33(7-6-14(17)11-39-20)23(36)22(35)29-13(2)24(26,27)28/h4-5,8,10,13-14,17,31H,6-7,9,11H2,1-3H3,(H,29,35)(H,30,34)/t13?,14-,17-/m1/s1. The van der Waals surface area contributed by atoms with Crippen LogP contribution in [0.3, 0.4) is 0 Å². The predicted molar refractivity (Wildman–Crippen MR) is 132 cm³/mol. The molecule has 40 heavy (non-hydrogen) atoms. The molecule has 1 aromatic carbocycles. The molecule has 3 amide bonds. The van der Waals surface area contributed by atoms with Crippen molar-refractivity contribution in [3.8, 4) is 5.75 Å². The maximum Gasteiger partial charge on any atom is 0.408 e. The van der Waals surface area contributed by atoms with E-state index in [1.165, 1.54) is 42.9 Å². The highest BCUT2D eigenvalue weighted by Crippen LogP contribution is 2.35. The van der Waals surface area contributed by atoms with Crippen molar-refractivity contribution in [2.24, 2.45) is 13.0 Å². The topological polar surface area (TPSA) is 139 Å². The molecule has 0 saturated carbocycles. The molecule has 3 heterocycles. The Kier molecular flexibility index (Phi) is 7.86. The molecule has 0 aliphatic carbocycles. The smallest absolute Gasteiger partial charge is 0.408 e. The van der Waals surface area contributed by atoms with E-state index < -0.39 is 57.7 Å². The van der Waals surface area contributed by atoms with Crippen LogP contribution in [-0.4, -0.2) is 73.6 Å². The third-order valence-corrected chi connectivity index (χ3v) is 8.33. The maximum atomic E-state index is 13.6. The Balaban J connectivity index is 1.53. The van der Waals surface area contributed by atoms with Gasteiger partial charge in [-0.3, -0.25) is 14.4 Å². The fourth-order valence-corrected chi connectivity index (χ4v) is 6.03. The summed E-state index contributed by atoms with van der Waals surface area (Å²) in [5.41, 5.74) is 0.492. The fourth-order valence-electron chi connectivity index (χ4n) is 4.54. The lowest BCUT2D eigenvalue weighted by Gasteiger charge is -2.39. The minimum Gasteiger partial charge on any atom is -0.489 e. The van der Waals surface area contributed by atoms with Crippen molar-refractivity contribution in [2.45, 2.75) is 43.4 Å². The Morgan fingerprint density at radius 2 is 1.93 bits per heavy atom. The molecule has 3 N–H and O–H groups in total. The second-order valence-corrected chi connectivity index (χ2v) is 11.5. The van der Waals surface area contributed by atoms with Gasteiger partial charge in [-0.2, -0.15) is 13.2 Å². The van der Waals surface area contributed by atoms with Crippen LogP contribution in [0, 0.1) is 18.7 Å². The number of anilines is 1. The average Bonchev–Trinajstić information content (AvgIpc) is 3.20. The number of aromatic nitrogens is 1. The van der Waals surface area contributed by atoms with Crippen LogP contribution >= 0.6 is 0 Å². The number of likely N-dealkylation sites (tertiary alicyclic amines) is 1. The Hall–Kier alpha value is -3.66. The van der Waals surface area contributed by atoms with Crippen molar-refractivity contribution in [1.29, 1.82) is 0 Å². The summed E-state index contributed by atoms with van der Waals surface area (Å²) in [5.74, 6) is -4.50. The Morgan fingerprint density at radius 3 is 2.58 bits per heavy atom. The van der Waals surface area contributed by atoms with Gasteiger partial charge in [-0.25, -0.2) is 17.5 Å². The number of hydrogen-bond donors (Lipinski definition) is 3. The monoisotopic (exact) mass is 589 g/mol. The van der Waals surface area contributed by atoms with Gasteiger partial charge in [-0.15, -0.1) is 0 Å². The number of benzene rings is 1. The molecular weight excluding hydrogens is 562 g/mol. The third-order valence-electron chi connectivity index (χ3n) is 6.85. The first-order chi connectivity index (χ1) is 18.6. The second-order valence-electron chi connectivity index (χ2n) is 9.78. The first-order valence-corrected chi connectivity index (χ1v) is 13.6. The number of nitrogens with zero attached hydrogens (tertiary/aromatic N) is 2. The lowest BCUT2D eigenvalue weighted by atomic mass is 9.93. The van der Waals surface area contributed by atoms with Crippen LogP contribution in [0.4, 0.5) is 23.2 Å². The van der Waals surface area contributed by atoms with Crippen molar-refractivity contribution in [3.63, 3.8) is 0 Å². The van der Waals surface area contributed by atoms with E-state index in [0.717, 1.165) is 4.90 Å². The van der Waals surface area contributed by atoms with E-state index in [2.05, 4.69) is 10.0 Å². The van der Waals surface area contributed by atoms with Gasteiger partial charge in [-0.1, -0.05) is 0 Å². The number of amides is 3. The highest BCUT2D eigenvalue weighted by molar-refractivity contribution is 7.89. The zero-order valence-corrected chi connectivity index (χ0v) is 22.5. The number of fused-ring (bicyclic) bond motifs is 2. The van der Waals surface area contributed by atoms with Crippen LogP contribution in [0.15, 0.2) is 29.3 Å². The van der Waals surface area contributed by atoms with Gasteiger partial charge in [0.05, 0.1) is 6.61 Å². The maximum absolute atomic E-state index is 13.6. The van der Waals surface area contributed by atoms with E-state index in [1.54, 1.807) is 5.32 Å². The number of hydrogen-bond acceptors (Lipinski definition) is 6. The number of carbonyl (C=O) groups excluding carboxylic acids is 3. The number of rotatable bonds is 3. The average molecular weight is 590 g/mol. The van der Waals surface area contributed by atoms with E-state index in [0.29, 0.717) is 12.5 Å². The molecule has 2 aliphatic heterocycles. The van der Waals surface area contributed by atoms with Gasteiger partial charge in [0, 0.05) is 44.0 Å². The Morgan fingerprint density at radius 1 is 1.23 bits per heavy atom. The molecule has 1 unspecified atom stereocenters. The predicted octanol–water partition coefficient (Wildman–Crippen LogP) is 1.68. The molecule has 2 aromatic rings. The summed E-state index contributed by atoms with van der Waals surface area (Å²) in [7, 11) is -2.87. The van der Waals surface area contributed by atoms with Gasteiger partial charge >= 0.3 is 18.0 Å². The van der Waals surface area contributed by atoms with Gasteiger partial charge in [0.1, 0.15) is 16.8 Å². The normalized spacial score (nSPS) is 21.1. The Bertz CT molecular complexity index is 1460. The van der Waals surface area contributed by atoms with Crippen molar-refractivity contribution >= 4 is 33.4 Å². The minimum absolute atomic E-state index is 0.0299. The van der Waals surface area contributed by atoms with Crippen LogP contribution < -0.4 is 20.1 Å². The number of aryl methyl sites for hydroxylation is 2. The van der Waals surface area contributed by atoms with Gasteiger partial charge in [0.25, 0.3) is 5.91 Å².